The highest BCUT2D eigenvalue weighted by atomic mass is 16.6. The maximum Gasteiger partial charge on any atom is 0.407 e. The molecule has 0 fully saturated rings. The minimum Gasteiger partial charge on any atom is -0.444 e. The van der Waals surface area contributed by atoms with Crippen LogP contribution in [-0.4, -0.2) is 461 Å². The van der Waals surface area contributed by atoms with Crippen molar-refractivity contribution in [3.8, 4) is 0 Å². The molecule has 120 heavy (non-hydrogen) atoms. The quantitative estimate of drug-likeness (QED) is 0.0213. The SMILES string of the molecule is CCC(COCC(COCCCCNC(=O)OC(C)(C)C)OCC(O)COCC(O)CO)(COCC(COCC(COCCCCNC(=O)OC(C)(C)C)OCC(O)CO)OCC(O)COCC(O)COCC(CO)OCC(O)CO)COCC(COCC(COCC(O)CO)OCC(O)CO)OCC(O)COCCCCNC(=O)OC(C)(C)C. The molecule has 0 radical (unpaired) electrons. The maximum absolute atomic E-state index is 12.3. The average molecular weight is 1760 g/mol. The summed E-state index contributed by atoms with van der Waals surface area (Å²) in [6.07, 6.45) is -14.4. The standard InChI is InChI=1S/C78H155N3O39/c1-11-78(54-109-51-68(115-41-64(95)35-103-30-57(88)24-82)45-102-23-17-14-20-81-74(99)120-77(8,9)10,55-110-52-70(50-108-48-69(114-39-61(92)28-86)46-105-31-58(89)25-83)116-40-63(94)32-100-21-15-12-18-79-72(97)118-75(2,3)4)56-111-53-71(117-42-65(96)36-104-33-62(93)34-106-43-66(29-87)112-37-59(90)26-84)49-107-47-67(113-38-60(91)27-85)44-101-22-16-13-19-80-73(98)119-76(5,6)7/h57-71,82-96H,11-56H2,1-10H3,(H,79,97)(H,80,98)(H,81,99). The van der Waals surface area contributed by atoms with E-state index in [0.717, 1.165) is 0 Å². The summed E-state index contributed by atoms with van der Waals surface area (Å²) >= 11 is 0. The summed E-state index contributed by atoms with van der Waals surface area (Å²) in [5.41, 5.74) is -3.11. The number of hydrogen-bond acceptors (Lipinski definition) is 39. The molecule has 0 aliphatic carbocycles. The van der Waals surface area contributed by atoms with E-state index in [2.05, 4.69) is 16.0 Å². The number of amides is 3. The van der Waals surface area contributed by atoms with E-state index in [1.54, 1.807) is 62.3 Å². The zero-order valence-electron chi connectivity index (χ0n) is 72.7. The maximum atomic E-state index is 12.3. The van der Waals surface area contributed by atoms with Crippen molar-refractivity contribution in [3.05, 3.63) is 0 Å². The Morgan fingerprint density at radius 3 is 0.717 bits per heavy atom. The van der Waals surface area contributed by atoms with Crippen LogP contribution in [0.15, 0.2) is 0 Å². The fourth-order valence-corrected chi connectivity index (χ4v) is 9.63. The Bertz CT molecular complexity index is 2380. The van der Waals surface area contributed by atoms with Gasteiger partial charge >= 0.3 is 18.3 Å². The first-order chi connectivity index (χ1) is 57.0. The molecule has 16 unspecified atom stereocenters. The highest BCUT2D eigenvalue weighted by Gasteiger charge is 2.33. The molecule has 0 heterocycles. The van der Waals surface area contributed by atoms with Crippen LogP contribution >= 0.6 is 0 Å². The molecule has 0 bridgehead atoms. The van der Waals surface area contributed by atoms with Gasteiger partial charge in [-0.2, -0.15) is 0 Å². The van der Waals surface area contributed by atoms with Crippen molar-refractivity contribution in [2.75, 3.05) is 257 Å². The van der Waals surface area contributed by atoms with Gasteiger partial charge in [-0.05, 0) is 107 Å². The molecular formula is C78H155N3O39. The van der Waals surface area contributed by atoms with Gasteiger partial charge in [0.1, 0.15) is 108 Å². The predicted octanol–water partition coefficient (Wildman–Crippen LogP) is -2.99. The number of unbranched alkanes of at least 4 members (excludes halogenated alkanes) is 3. The highest BCUT2D eigenvalue weighted by Crippen LogP contribution is 2.26. The zero-order chi connectivity index (χ0) is 89.9. The smallest absolute Gasteiger partial charge is 0.407 e. The Balaban J connectivity index is 7.43. The van der Waals surface area contributed by atoms with Crippen LogP contribution in [0.1, 0.15) is 114 Å². The number of alkyl carbamates (subject to hydrolysis) is 3. The summed E-state index contributed by atoms with van der Waals surface area (Å²) in [7, 11) is 0. The van der Waals surface area contributed by atoms with E-state index in [1.807, 2.05) is 6.92 Å². The number of rotatable bonds is 82. The summed E-state index contributed by atoms with van der Waals surface area (Å²) in [5, 5.41) is 158. The van der Waals surface area contributed by atoms with Crippen molar-refractivity contribution >= 4 is 18.3 Å². The third-order valence-corrected chi connectivity index (χ3v) is 16.0. The van der Waals surface area contributed by atoms with Gasteiger partial charge in [0.2, 0.25) is 0 Å². The van der Waals surface area contributed by atoms with Crippen molar-refractivity contribution in [3.63, 3.8) is 0 Å². The van der Waals surface area contributed by atoms with Gasteiger partial charge in [-0.1, -0.05) is 6.92 Å². The minimum atomic E-state index is -1.30. The van der Waals surface area contributed by atoms with Gasteiger partial charge in [0.25, 0.3) is 0 Å². The van der Waals surface area contributed by atoms with E-state index < -0.39 is 172 Å². The summed E-state index contributed by atoms with van der Waals surface area (Å²) in [6.45, 7) is 10.2. The Labute approximate surface area is 707 Å². The molecule has 16 atom stereocenters. The second-order valence-electron chi connectivity index (χ2n) is 32.0. The van der Waals surface area contributed by atoms with Gasteiger partial charge in [-0.15, -0.1) is 0 Å². The van der Waals surface area contributed by atoms with Crippen LogP contribution in [0.4, 0.5) is 14.4 Å². The summed E-state index contributed by atoms with van der Waals surface area (Å²) in [5.74, 6) is 0. The number of carbonyl (C=O) groups excluding carboxylic acids is 3. The number of carbonyl (C=O) groups is 3. The van der Waals surface area contributed by atoms with E-state index in [0.29, 0.717) is 64.6 Å². The van der Waals surface area contributed by atoms with Gasteiger partial charge in [-0.25, -0.2) is 14.4 Å². The van der Waals surface area contributed by atoms with Crippen LogP contribution < -0.4 is 16.0 Å². The normalized spacial score (nSPS) is 16.7. The molecule has 0 aromatic rings. The van der Waals surface area contributed by atoms with Crippen LogP contribution in [0.2, 0.25) is 0 Å². The summed E-state index contributed by atoms with van der Waals surface area (Å²) in [4.78, 5) is 36.6. The molecule has 0 spiro atoms. The molecule has 716 valence electrons. The molecule has 0 aliphatic heterocycles. The first-order valence-corrected chi connectivity index (χ1v) is 41.3. The third-order valence-electron chi connectivity index (χ3n) is 16.0. The first-order valence-electron chi connectivity index (χ1n) is 41.3. The second kappa shape index (κ2) is 72.5. The molecule has 18 N–H and O–H groups in total. The lowest BCUT2D eigenvalue weighted by Crippen LogP contribution is -2.41. The van der Waals surface area contributed by atoms with E-state index in [-0.39, 0.29) is 198 Å². The molecule has 0 rings (SSSR count). The number of nitrogens with one attached hydrogen (secondary N) is 3. The Morgan fingerprint density at radius 2 is 0.450 bits per heavy atom. The molecule has 0 aromatic heterocycles. The third kappa shape index (κ3) is 71.6. The lowest BCUT2D eigenvalue weighted by molar-refractivity contribution is -0.146. The van der Waals surface area contributed by atoms with Crippen LogP contribution in [0, 0.1) is 5.41 Å². The molecule has 0 saturated carbocycles. The van der Waals surface area contributed by atoms with Crippen LogP contribution in [0.25, 0.3) is 0 Å². The molecule has 0 saturated heterocycles. The van der Waals surface area contributed by atoms with Gasteiger partial charge < -0.3 is 192 Å². The minimum absolute atomic E-state index is 0.0286. The Kier molecular flexibility index (Phi) is 70.4. The van der Waals surface area contributed by atoms with Gasteiger partial charge in [-0.3, -0.25) is 0 Å². The topological polar surface area (TPSA) is 585 Å². The van der Waals surface area contributed by atoms with Gasteiger partial charge in [0, 0.05) is 44.9 Å². The van der Waals surface area contributed by atoms with Crippen molar-refractivity contribution in [1.82, 2.24) is 16.0 Å². The zero-order valence-corrected chi connectivity index (χ0v) is 72.7. The number of ether oxygens (including phenoxy) is 21. The Morgan fingerprint density at radius 1 is 0.250 bits per heavy atom. The monoisotopic (exact) mass is 1760 g/mol. The predicted molar refractivity (Wildman–Crippen MR) is 428 cm³/mol. The number of aliphatic hydroxyl groups excluding tert-OH is 15. The van der Waals surface area contributed by atoms with E-state index in [1.165, 1.54) is 0 Å². The second-order valence-corrected chi connectivity index (χ2v) is 32.0. The lowest BCUT2D eigenvalue weighted by atomic mass is 9.88. The summed E-state index contributed by atoms with van der Waals surface area (Å²) < 4.78 is 123. The molecule has 42 heteroatoms. The molecule has 0 aromatic carbocycles. The Hall–Kier alpha value is -3.51. The van der Waals surface area contributed by atoms with Crippen LogP contribution in [-0.2, 0) is 99.5 Å². The first kappa shape index (κ1) is 116. The highest BCUT2D eigenvalue weighted by molar-refractivity contribution is 5.68. The average Bonchev–Trinajstić information content (AvgIpc) is 0.865. The largest absolute Gasteiger partial charge is 0.444 e. The van der Waals surface area contributed by atoms with E-state index in [9.17, 15) is 85.9 Å². The van der Waals surface area contributed by atoms with E-state index in [4.69, 9.17) is 105 Å². The van der Waals surface area contributed by atoms with Crippen molar-refractivity contribution in [2.24, 2.45) is 5.41 Å². The molecular weight excluding hydrogens is 1600 g/mol. The van der Waals surface area contributed by atoms with Crippen molar-refractivity contribution in [1.29, 1.82) is 0 Å². The molecule has 3 amide bonds. The van der Waals surface area contributed by atoms with Crippen LogP contribution in [0.3, 0.4) is 0 Å². The van der Waals surface area contributed by atoms with Crippen molar-refractivity contribution in [2.45, 2.75) is 223 Å². The number of hydrogen-bond donors (Lipinski definition) is 18. The fourth-order valence-electron chi connectivity index (χ4n) is 9.63. The fraction of sp³-hybridized carbons (Fsp3) is 0.962. The molecule has 42 nitrogen and oxygen atoms in total. The van der Waals surface area contributed by atoms with Gasteiger partial charge in [0.15, 0.2) is 0 Å². The summed E-state index contributed by atoms with van der Waals surface area (Å²) in [6, 6.07) is 0. The van der Waals surface area contributed by atoms with E-state index >= 15 is 0 Å². The lowest BCUT2D eigenvalue weighted by Gasteiger charge is -2.34. The van der Waals surface area contributed by atoms with Gasteiger partial charge in [0.05, 0.1) is 218 Å². The van der Waals surface area contributed by atoms with Crippen LogP contribution in [0.5, 0.6) is 0 Å². The molecule has 0 aliphatic rings. The number of aliphatic hydroxyl groups is 15. The van der Waals surface area contributed by atoms with Crippen molar-refractivity contribution < 1.29 is 190 Å².